The minimum absolute atomic E-state index is 0.0377. The lowest BCUT2D eigenvalue weighted by molar-refractivity contribution is -0.129. The topological polar surface area (TPSA) is 69.6 Å². The van der Waals surface area contributed by atoms with Crippen LogP contribution in [0.15, 0.2) is 30.3 Å². The maximum Gasteiger partial charge on any atom is 0.225 e. The average Bonchev–Trinajstić information content (AvgIpc) is 2.98. The van der Waals surface area contributed by atoms with Crippen LogP contribution in [-0.4, -0.2) is 59.6 Å². The Bertz CT molecular complexity index is 538. The molecule has 1 aromatic rings. The number of amides is 2. The van der Waals surface area contributed by atoms with Crippen LogP contribution in [0.2, 0.25) is 0 Å². The van der Waals surface area contributed by atoms with Gasteiger partial charge in [-0.05, 0) is 30.4 Å². The standard InChI is InChI=1S/C18H26N2O3S/c1-24-10-8-16(13-21)19-18(23)15-11-17(22)20(12-15)9-7-14-5-3-2-4-6-14/h2-6,15-16,21H,7-13H2,1H3,(H,19,23)/t15-,16-/m0/s1. The van der Waals surface area contributed by atoms with Gasteiger partial charge in [-0.1, -0.05) is 30.3 Å². The number of carbonyl (C=O) groups is 2. The molecule has 1 aromatic carbocycles. The highest BCUT2D eigenvalue weighted by atomic mass is 32.2. The van der Waals surface area contributed by atoms with Crippen molar-refractivity contribution in [1.82, 2.24) is 10.2 Å². The molecular formula is C18H26N2O3S. The molecule has 0 saturated carbocycles. The Morgan fingerprint density at radius 2 is 2.17 bits per heavy atom. The van der Waals surface area contributed by atoms with Crippen molar-refractivity contribution in [3.63, 3.8) is 0 Å². The highest BCUT2D eigenvalue weighted by molar-refractivity contribution is 7.98. The number of nitrogens with one attached hydrogen (secondary N) is 1. The summed E-state index contributed by atoms with van der Waals surface area (Å²) in [6.07, 6.45) is 3.80. The first-order valence-corrected chi connectivity index (χ1v) is 9.75. The number of aliphatic hydroxyl groups excluding tert-OH is 1. The zero-order valence-electron chi connectivity index (χ0n) is 14.1. The highest BCUT2D eigenvalue weighted by Gasteiger charge is 2.34. The summed E-state index contributed by atoms with van der Waals surface area (Å²) in [4.78, 5) is 26.2. The normalized spacial score (nSPS) is 18.7. The van der Waals surface area contributed by atoms with E-state index in [0.29, 0.717) is 13.1 Å². The van der Waals surface area contributed by atoms with E-state index in [1.807, 2.05) is 36.6 Å². The molecule has 132 valence electrons. The van der Waals surface area contributed by atoms with E-state index in [2.05, 4.69) is 5.32 Å². The monoisotopic (exact) mass is 350 g/mol. The third kappa shape index (κ3) is 5.53. The highest BCUT2D eigenvalue weighted by Crippen LogP contribution is 2.19. The van der Waals surface area contributed by atoms with Gasteiger partial charge < -0.3 is 15.3 Å². The zero-order valence-corrected chi connectivity index (χ0v) is 14.9. The zero-order chi connectivity index (χ0) is 17.4. The van der Waals surface area contributed by atoms with Crippen molar-refractivity contribution in [3.05, 3.63) is 35.9 Å². The molecule has 1 aliphatic heterocycles. The number of thioether (sulfide) groups is 1. The van der Waals surface area contributed by atoms with Crippen LogP contribution in [0.5, 0.6) is 0 Å². The first-order valence-electron chi connectivity index (χ1n) is 8.36. The maximum atomic E-state index is 12.3. The average molecular weight is 350 g/mol. The summed E-state index contributed by atoms with van der Waals surface area (Å²) in [6, 6.07) is 9.81. The quantitative estimate of drug-likeness (QED) is 0.704. The van der Waals surface area contributed by atoms with Crippen LogP contribution in [0, 0.1) is 5.92 Å². The Balaban J connectivity index is 1.81. The van der Waals surface area contributed by atoms with Crippen LogP contribution >= 0.6 is 11.8 Å². The van der Waals surface area contributed by atoms with Gasteiger partial charge in [0.05, 0.1) is 18.6 Å². The predicted octanol–water partition coefficient (Wildman–Crippen LogP) is 1.31. The fraction of sp³-hybridized carbons (Fsp3) is 0.556. The second-order valence-electron chi connectivity index (χ2n) is 6.15. The van der Waals surface area contributed by atoms with Crippen LogP contribution in [0.1, 0.15) is 18.4 Å². The lowest BCUT2D eigenvalue weighted by atomic mass is 10.1. The molecule has 1 aliphatic rings. The molecule has 0 radical (unpaired) electrons. The molecule has 5 nitrogen and oxygen atoms in total. The molecule has 24 heavy (non-hydrogen) atoms. The molecule has 2 amide bonds. The molecule has 0 unspecified atom stereocenters. The summed E-state index contributed by atoms with van der Waals surface area (Å²) in [5.74, 6) is 0.497. The van der Waals surface area contributed by atoms with Crippen molar-refractivity contribution in [1.29, 1.82) is 0 Å². The predicted molar refractivity (Wildman–Crippen MR) is 96.8 cm³/mol. The molecule has 2 N–H and O–H groups in total. The van der Waals surface area contributed by atoms with Gasteiger partial charge in [0.1, 0.15) is 0 Å². The van der Waals surface area contributed by atoms with Crippen LogP contribution < -0.4 is 5.32 Å². The van der Waals surface area contributed by atoms with Gasteiger partial charge in [-0.2, -0.15) is 11.8 Å². The minimum atomic E-state index is -0.309. The smallest absolute Gasteiger partial charge is 0.225 e. The van der Waals surface area contributed by atoms with Crippen molar-refractivity contribution in [2.75, 3.05) is 31.7 Å². The third-order valence-electron chi connectivity index (χ3n) is 4.34. The van der Waals surface area contributed by atoms with E-state index >= 15 is 0 Å². The van der Waals surface area contributed by atoms with E-state index in [0.717, 1.165) is 18.6 Å². The van der Waals surface area contributed by atoms with E-state index in [-0.39, 0.29) is 36.8 Å². The van der Waals surface area contributed by atoms with Gasteiger partial charge in [-0.25, -0.2) is 0 Å². The molecule has 6 heteroatoms. The van der Waals surface area contributed by atoms with E-state index < -0.39 is 0 Å². The van der Waals surface area contributed by atoms with E-state index in [1.54, 1.807) is 16.7 Å². The molecule has 1 heterocycles. The molecule has 2 atom stereocenters. The fourth-order valence-electron chi connectivity index (χ4n) is 2.86. The summed E-state index contributed by atoms with van der Waals surface area (Å²) in [6.45, 7) is 1.05. The number of hydrogen-bond acceptors (Lipinski definition) is 4. The third-order valence-corrected chi connectivity index (χ3v) is 4.98. The summed E-state index contributed by atoms with van der Waals surface area (Å²) in [7, 11) is 0. The Hall–Kier alpha value is -1.53. The summed E-state index contributed by atoms with van der Waals surface area (Å²) in [5.41, 5.74) is 1.19. The first kappa shape index (κ1) is 18.8. The SMILES string of the molecule is CSCC[C@@H](CO)NC(=O)[C@H]1CC(=O)N(CCc2ccccc2)C1. The van der Waals surface area contributed by atoms with Gasteiger partial charge in [0.2, 0.25) is 11.8 Å². The Morgan fingerprint density at radius 1 is 1.42 bits per heavy atom. The van der Waals surface area contributed by atoms with Crippen LogP contribution in [-0.2, 0) is 16.0 Å². The van der Waals surface area contributed by atoms with Crippen LogP contribution in [0.4, 0.5) is 0 Å². The number of aliphatic hydroxyl groups is 1. The van der Waals surface area contributed by atoms with Gasteiger partial charge in [-0.3, -0.25) is 9.59 Å². The molecule has 1 saturated heterocycles. The summed E-state index contributed by atoms with van der Waals surface area (Å²) in [5, 5.41) is 12.2. The number of rotatable bonds is 9. The number of carbonyl (C=O) groups excluding carboxylic acids is 2. The van der Waals surface area contributed by atoms with E-state index in [1.165, 1.54) is 5.56 Å². The Labute approximate surface area is 147 Å². The molecule has 0 aliphatic carbocycles. The van der Waals surface area contributed by atoms with Crippen molar-refractivity contribution >= 4 is 23.6 Å². The maximum absolute atomic E-state index is 12.3. The number of benzene rings is 1. The molecular weight excluding hydrogens is 324 g/mol. The van der Waals surface area contributed by atoms with Crippen molar-refractivity contribution in [2.24, 2.45) is 5.92 Å². The van der Waals surface area contributed by atoms with Gasteiger partial charge in [0.25, 0.3) is 0 Å². The lowest BCUT2D eigenvalue weighted by Crippen LogP contribution is -2.42. The van der Waals surface area contributed by atoms with Gasteiger partial charge in [0, 0.05) is 19.5 Å². The molecule has 2 rings (SSSR count). The first-order chi connectivity index (χ1) is 11.6. The molecule has 0 spiro atoms. The summed E-state index contributed by atoms with van der Waals surface area (Å²) < 4.78 is 0. The van der Waals surface area contributed by atoms with E-state index in [4.69, 9.17) is 0 Å². The number of likely N-dealkylation sites (tertiary alicyclic amines) is 1. The number of hydrogen-bond donors (Lipinski definition) is 2. The van der Waals surface area contributed by atoms with Crippen molar-refractivity contribution < 1.29 is 14.7 Å². The second kappa shape index (κ2) is 9.69. The Kier molecular flexibility index (Phi) is 7.59. The van der Waals surface area contributed by atoms with Gasteiger partial charge in [-0.15, -0.1) is 0 Å². The van der Waals surface area contributed by atoms with Crippen LogP contribution in [0.3, 0.4) is 0 Å². The Morgan fingerprint density at radius 3 is 2.83 bits per heavy atom. The second-order valence-corrected chi connectivity index (χ2v) is 7.13. The lowest BCUT2D eigenvalue weighted by Gasteiger charge is -2.19. The van der Waals surface area contributed by atoms with E-state index in [9.17, 15) is 14.7 Å². The molecule has 0 aromatic heterocycles. The molecule has 1 fully saturated rings. The van der Waals surface area contributed by atoms with Crippen LogP contribution in [0.25, 0.3) is 0 Å². The minimum Gasteiger partial charge on any atom is -0.394 e. The molecule has 0 bridgehead atoms. The van der Waals surface area contributed by atoms with Gasteiger partial charge >= 0.3 is 0 Å². The van der Waals surface area contributed by atoms with Gasteiger partial charge in [0.15, 0.2) is 0 Å². The fourth-order valence-corrected chi connectivity index (χ4v) is 3.38. The van der Waals surface area contributed by atoms with Crippen molar-refractivity contribution in [3.8, 4) is 0 Å². The summed E-state index contributed by atoms with van der Waals surface area (Å²) >= 11 is 1.69. The van der Waals surface area contributed by atoms with Crippen molar-refractivity contribution in [2.45, 2.75) is 25.3 Å². The largest absolute Gasteiger partial charge is 0.394 e. The number of nitrogens with zero attached hydrogens (tertiary/aromatic N) is 1.